The third kappa shape index (κ3) is 3.88. The minimum absolute atomic E-state index is 0.00371. The number of hydrogen-bond donors (Lipinski definition) is 0. The van der Waals surface area contributed by atoms with Crippen LogP contribution in [0.3, 0.4) is 0 Å². The minimum Gasteiger partial charge on any atom is -0.496 e. The second-order valence-electron chi connectivity index (χ2n) is 6.28. The van der Waals surface area contributed by atoms with Gasteiger partial charge in [-0.2, -0.15) is 0 Å². The highest BCUT2D eigenvalue weighted by Crippen LogP contribution is 2.26. The highest BCUT2D eigenvalue weighted by molar-refractivity contribution is 7.91. The predicted molar refractivity (Wildman–Crippen MR) is 96.3 cm³/mol. The Kier molecular flexibility index (Phi) is 5.27. The molecule has 2 aromatic rings. The van der Waals surface area contributed by atoms with Gasteiger partial charge in [0.15, 0.2) is 9.84 Å². The van der Waals surface area contributed by atoms with E-state index >= 15 is 0 Å². The van der Waals surface area contributed by atoms with E-state index in [9.17, 15) is 17.6 Å². The fourth-order valence-corrected chi connectivity index (χ4v) is 4.90. The molecule has 0 unspecified atom stereocenters. The van der Waals surface area contributed by atoms with Crippen LogP contribution in [0.2, 0.25) is 0 Å². The molecule has 3 rings (SSSR count). The van der Waals surface area contributed by atoms with Gasteiger partial charge in [-0.1, -0.05) is 30.3 Å². The lowest BCUT2D eigenvalue weighted by molar-refractivity contribution is 0.0675. The molecule has 138 valence electrons. The molecule has 0 aromatic heterocycles. The van der Waals surface area contributed by atoms with E-state index in [1.165, 1.54) is 18.1 Å². The van der Waals surface area contributed by atoms with Crippen molar-refractivity contribution in [1.82, 2.24) is 4.90 Å². The number of carbonyl (C=O) groups excluding carboxylic acids is 1. The Labute approximate surface area is 152 Å². The van der Waals surface area contributed by atoms with Crippen molar-refractivity contribution in [3.8, 4) is 5.75 Å². The number of halogens is 1. The smallest absolute Gasteiger partial charge is 0.258 e. The Morgan fingerprint density at radius 3 is 2.54 bits per heavy atom. The third-order valence-corrected chi connectivity index (χ3v) is 6.30. The highest BCUT2D eigenvalue weighted by atomic mass is 32.2. The van der Waals surface area contributed by atoms with Crippen molar-refractivity contribution in [2.45, 2.75) is 19.0 Å². The number of ether oxygens (including phenoxy) is 1. The number of nitrogens with zero attached hydrogens (tertiary/aromatic N) is 1. The standard InChI is InChI=1S/C19H20FNO4S/c1-25-18-9-5-3-7-16(18)19(22)21(15-10-11-26(23,24)13-15)12-14-6-2-4-8-17(14)20/h2-9,15H,10-13H2,1H3/t15-/m0/s1. The molecule has 2 aromatic carbocycles. The molecule has 1 atom stereocenters. The molecule has 7 heteroatoms. The lowest BCUT2D eigenvalue weighted by atomic mass is 10.1. The maximum atomic E-state index is 14.1. The molecule has 0 spiro atoms. The van der Waals surface area contributed by atoms with Gasteiger partial charge in [0.05, 0.1) is 24.2 Å². The Morgan fingerprint density at radius 2 is 1.88 bits per heavy atom. The summed E-state index contributed by atoms with van der Waals surface area (Å²) in [5.74, 6) is -0.469. The summed E-state index contributed by atoms with van der Waals surface area (Å²) in [6, 6.07) is 12.4. The summed E-state index contributed by atoms with van der Waals surface area (Å²) in [7, 11) is -1.73. The molecule has 26 heavy (non-hydrogen) atoms. The Hall–Kier alpha value is -2.41. The molecule has 1 saturated heterocycles. The van der Waals surface area contributed by atoms with Gasteiger partial charge in [-0.15, -0.1) is 0 Å². The molecule has 1 aliphatic heterocycles. The van der Waals surface area contributed by atoms with E-state index < -0.39 is 21.7 Å². The van der Waals surface area contributed by atoms with Crippen molar-refractivity contribution >= 4 is 15.7 Å². The molecule has 0 saturated carbocycles. The Bertz CT molecular complexity index is 913. The summed E-state index contributed by atoms with van der Waals surface area (Å²) in [4.78, 5) is 14.6. The first-order valence-corrected chi connectivity index (χ1v) is 10.1. The number of sulfone groups is 1. The van der Waals surface area contributed by atoms with Gasteiger partial charge in [0.2, 0.25) is 0 Å². The van der Waals surface area contributed by atoms with Gasteiger partial charge in [0.25, 0.3) is 5.91 Å². The molecular formula is C19H20FNO4S. The van der Waals surface area contributed by atoms with Crippen LogP contribution >= 0.6 is 0 Å². The molecule has 5 nitrogen and oxygen atoms in total. The predicted octanol–water partition coefficient (Wildman–Crippen LogP) is 2.66. The quantitative estimate of drug-likeness (QED) is 0.804. The minimum atomic E-state index is -3.19. The van der Waals surface area contributed by atoms with Gasteiger partial charge in [-0.25, -0.2) is 12.8 Å². The number of para-hydroxylation sites is 1. The number of amides is 1. The fraction of sp³-hybridized carbons (Fsp3) is 0.316. The zero-order valence-electron chi connectivity index (χ0n) is 14.4. The van der Waals surface area contributed by atoms with E-state index in [-0.39, 0.29) is 24.0 Å². The van der Waals surface area contributed by atoms with Gasteiger partial charge < -0.3 is 9.64 Å². The van der Waals surface area contributed by atoms with Crippen LogP contribution in [0.4, 0.5) is 4.39 Å². The summed E-state index contributed by atoms with van der Waals surface area (Å²) in [6.45, 7) is 0.00371. The van der Waals surface area contributed by atoms with Gasteiger partial charge in [0.1, 0.15) is 11.6 Å². The second-order valence-corrected chi connectivity index (χ2v) is 8.51. The normalized spacial score (nSPS) is 18.5. The van der Waals surface area contributed by atoms with Crippen molar-refractivity contribution in [3.05, 3.63) is 65.5 Å². The van der Waals surface area contributed by atoms with E-state index in [0.717, 1.165) is 0 Å². The average Bonchev–Trinajstić information content (AvgIpc) is 3.00. The van der Waals surface area contributed by atoms with Crippen molar-refractivity contribution in [3.63, 3.8) is 0 Å². The lowest BCUT2D eigenvalue weighted by Crippen LogP contribution is -2.41. The van der Waals surface area contributed by atoms with Crippen LogP contribution in [-0.2, 0) is 16.4 Å². The molecule has 1 heterocycles. The molecule has 0 radical (unpaired) electrons. The summed E-state index contributed by atoms with van der Waals surface area (Å²) < 4.78 is 43.2. The molecule has 0 N–H and O–H groups in total. The van der Waals surface area contributed by atoms with Gasteiger partial charge in [0, 0.05) is 18.2 Å². The maximum Gasteiger partial charge on any atom is 0.258 e. The van der Waals surface area contributed by atoms with Crippen molar-refractivity contribution in [2.24, 2.45) is 0 Å². The van der Waals surface area contributed by atoms with Crippen molar-refractivity contribution in [1.29, 1.82) is 0 Å². The number of rotatable bonds is 5. The van der Waals surface area contributed by atoms with Gasteiger partial charge in [-0.05, 0) is 24.6 Å². The Balaban J connectivity index is 1.97. The zero-order chi connectivity index (χ0) is 18.7. The van der Waals surface area contributed by atoms with Crippen LogP contribution in [0.25, 0.3) is 0 Å². The SMILES string of the molecule is COc1ccccc1C(=O)N(Cc1ccccc1F)[C@H]1CCS(=O)(=O)C1. The average molecular weight is 377 g/mol. The first kappa shape index (κ1) is 18.4. The van der Waals surface area contributed by atoms with E-state index in [2.05, 4.69) is 0 Å². The van der Waals surface area contributed by atoms with E-state index in [1.54, 1.807) is 42.5 Å². The molecule has 0 aliphatic carbocycles. The summed E-state index contributed by atoms with van der Waals surface area (Å²) in [5, 5.41) is 0. The van der Waals surface area contributed by atoms with Crippen LogP contribution in [0.15, 0.2) is 48.5 Å². The van der Waals surface area contributed by atoms with Crippen LogP contribution < -0.4 is 4.74 Å². The van der Waals surface area contributed by atoms with Crippen molar-refractivity contribution < 1.29 is 22.3 Å². The largest absolute Gasteiger partial charge is 0.496 e. The van der Waals surface area contributed by atoms with Crippen LogP contribution in [0, 0.1) is 5.82 Å². The Morgan fingerprint density at radius 1 is 1.19 bits per heavy atom. The molecule has 0 bridgehead atoms. The van der Waals surface area contributed by atoms with Crippen LogP contribution in [0.5, 0.6) is 5.75 Å². The van der Waals surface area contributed by atoms with Crippen LogP contribution in [0.1, 0.15) is 22.3 Å². The third-order valence-electron chi connectivity index (χ3n) is 4.55. The first-order chi connectivity index (χ1) is 12.4. The molecule has 1 amide bonds. The highest BCUT2D eigenvalue weighted by Gasteiger charge is 2.36. The number of hydrogen-bond acceptors (Lipinski definition) is 4. The van der Waals surface area contributed by atoms with Gasteiger partial charge in [-0.3, -0.25) is 4.79 Å². The van der Waals surface area contributed by atoms with Crippen LogP contribution in [-0.4, -0.2) is 43.9 Å². The second kappa shape index (κ2) is 7.45. The van der Waals surface area contributed by atoms with E-state index in [0.29, 0.717) is 23.3 Å². The van der Waals surface area contributed by atoms with E-state index in [1.807, 2.05) is 0 Å². The monoisotopic (exact) mass is 377 g/mol. The molecule has 1 aliphatic rings. The summed E-state index contributed by atoms with van der Waals surface area (Å²) in [5.41, 5.74) is 0.677. The topological polar surface area (TPSA) is 63.7 Å². The zero-order valence-corrected chi connectivity index (χ0v) is 15.2. The summed E-state index contributed by atoms with van der Waals surface area (Å²) in [6.07, 6.45) is 0.345. The molecule has 1 fully saturated rings. The fourth-order valence-electron chi connectivity index (χ4n) is 3.17. The number of benzene rings is 2. The lowest BCUT2D eigenvalue weighted by Gasteiger charge is -2.29. The van der Waals surface area contributed by atoms with E-state index in [4.69, 9.17) is 4.74 Å². The maximum absolute atomic E-state index is 14.1. The number of methoxy groups -OCH3 is 1. The van der Waals surface area contributed by atoms with Crippen molar-refractivity contribution in [2.75, 3.05) is 18.6 Å². The first-order valence-electron chi connectivity index (χ1n) is 8.29. The summed E-state index contributed by atoms with van der Waals surface area (Å²) >= 11 is 0. The number of carbonyl (C=O) groups is 1. The molecular weight excluding hydrogens is 357 g/mol. The van der Waals surface area contributed by atoms with Gasteiger partial charge >= 0.3 is 0 Å².